The van der Waals surface area contributed by atoms with Gasteiger partial charge >= 0.3 is 12.3 Å². The van der Waals surface area contributed by atoms with Crippen molar-refractivity contribution in [2.24, 2.45) is 5.41 Å². The average molecular weight is 518 g/mol. The first-order chi connectivity index (χ1) is 16.8. The molecule has 0 aliphatic carbocycles. The van der Waals surface area contributed by atoms with E-state index < -0.39 is 53.9 Å². The lowest BCUT2D eigenvalue weighted by Gasteiger charge is -2.35. The van der Waals surface area contributed by atoms with Crippen LogP contribution < -0.4 is 16.0 Å². The van der Waals surface area contributed by atoms with Gasteiger partial charge in [0.05, 0.1) is 24.3 Å². The van der Waals surface area contributed by atoms with Crippen molar-refractivity contribution in [3.05, 3.63) is 53.7 Å². The number of amides is 2. The monoisotopic (exact) mass is 518 g/mol. The molecule has 198 valence electrons. The predicted molar refractivity (Wildman–Crippen MR) is 119 cm³/mol. The summed E-state index contributed by atoms with van der Waals surface area (Å²) in [6.45, 7) is 0.404. The Balaban J connectivity index is 1.95. The molecule has 1 heterocycles. The predicted octanol–water partition coefficient (Wildman–Crippen LogP) is 2.91. The van der Waals surface area contributed by atoms with Gasteiger partial charge in [-0.15, -0.1) is 0 Å². The molecule has 36 heavy (non-hydrogen) atoms. The maximum absolute atomic E-state index is 14.4. The van der Waals surface area contributed by atoms with Crippen LogP contribution in [0.3, 0.4) is 0 Å². The fraction of sp³-hybridized carbons (Fsp3) is 0.435. The fourth-order valence-electron chi connectivity index (χ4n) is 3.12. The van der Waals surface area contributed by atoms with Gasteiger partial charge in [-0.1, -0.05) is 6.07 Å². The summed E-state index contributed by atoms with van der Waals surface area (Å²) >= 11 is 0. The van der Waals surface area contributed by atoms with E-state index in [0.717, 1.165) is 33.1 Å². The molecule has 0 bridgehead atoms. The van der Waals surface area contributed by atoms with E-state index >= 15 is 0 Å². The van der Waals surface area contributed by atoms with Crippen LogP contribution in [0.25, 0.3) is 11.3 Å². The van der Waals surface area contributed by atoms with E-state index in [1.807, 2.05) is 5.32 Å². The summed E-state index contributed by atoms with van der Waals surface area (Å²) in [5.41, 5.74) is -2.32. The number of rotatable bonds is 10. The molecule has 0 radical (unpaired) electrons. The third-order valence-corrected chi connectivity index (χ3v) is 5.46. The van der Waals surface area contributed by atoms with Gasteiger partial charge in [-0.05, 0) is 38.1 Å². The number of alkyl halides is 3. The lowest BCUT2D eigenvalue weighted by Crippen LogP contribution is -2.60. The maximum Gasteiger partial charge on any atom is 0.407 e. The molecule has 0 aliphatic rings. The Morgan fingerprint density at radius 1 is 1.11 bits per heavy atom. The van der Waals surface area contributed by atoms with E-state index in [1.165, 1.54) is 6.20 Å². The summed E-state index contributed by atoms with van der Waals surface area (Å²) < 4.78 is 73.4. The van der Waals surface area contributed by atoms with Crippen molar-refractivity contribution in [1.29, 1.82) is 0 Å². The van der Waals surface area contributed by atoms with Gasteiger partial charge in [0, 0.05) is 37.0 Å². The highest BCUT2D eigenvalue weighted by Crippen LogP contribution is 2.40. The van der Waals surface area contributed by atoms with Crippen molar-refractivity contribution >= 4 is 12.0 Å². The van der Waals surface area contributed by atoms with Gasteiger partial charge < -0.3 is 25.8 Å². The minimum atomic E-state index is -4.85. The molecule has 0 saturated carbocycles. The zero-order valence-corrected chi connectivity index (χ0v) is 19.7. The topological polar surface area (TPSA) is 113 Å². The first-order valence-corrected chi connectivity index (χ1v) is 10.7. The highest BCUT2D eigenvalue weighted by Gasteiger charge is 2.55. The number of hydrogen-bond donors (Lipinski definition) is 4. The minimum Gasteiger partial charge on any atom is -0.453 e. The Morgan fingerprint density at radius 2 is 1.75 bits per heavy atom. The molecule has 2 aromatic rings. The van der Waals surface area contributed by atoms with Crippen molar-refractivity contribution in [2.45, 2.75) is 38.7 Å². The molecular formula is C23H27F5N4O4. The molecule has 1 unspecified atom stereocenters. The second-order valence-electron chi connectivity index (χ2n) is 8.45. The third kappa shape index (κ3) is 7.34. The Hall–Kier alpha value is -3.32. The molecular weight excluding hydrogens is 491 g/mol. The van der Waals surface area contributed by atoms with Gasteiger partial charge in [0.1, 0.15) is 17.7 Å². The molecule has 4 N–H and O–H groups in total. The van der Waals surface area contributed by atoms with E-state index in [0.29, 0.717) is 5.69 Å². The van der Waals surface area contributed by atoms with Gasteiger partial charge in [-0.3, -0.25) is 9.78 Å². The molecule has 2 atom stereocenters. The third-order valence-electron chi connectivity index (χ3n) is 5.46. The summed E-state index contributed by atoms with van der Waals surface area (Å²) in [5.74, 6) is -2.88. The second kappa shape index (κ2) is 12.1. The van der Waals surface area contributed by atoms with Crippen LogP contribution in [0.5, 0.6) is 0 Å². The quantitative estimate of drug-likeness (QED) is 0.360. The fourth-order valence-corrected chi connectivity index (χ4v) is 3.12. The van der Waals surface area contributed by atoms with E-state index in [2.05, 4.69) is 20.4 Å². The molecule has 13 heteroatoms. The van der Waals surface area contributed by atoms with Crippen LogP contribution in [0, 0.1) is 17.0 Å². The van der Waals surface area contributed by atoms with Crippen LogP contribution in [-0.4, -0.2) is 60.6 Å². The number of nitrogens with one attached hydrogen (secondary N) is 3. The first-order valence-electron chi connectivity index (χ1n) is 10.7. The van der Waals surface area contributed by atoms with Crippen LogP contribution in [0.15, 0.2) is 36.5 Å². The summed E-state index contributed by atoms with van der Waals surface area (Å²) in [6.07, 6.45) is -5.93. The Bertz CT molecular complexity index is 1030. The standard InChI is InChI=1S/C23H27F5N4O4/c1-22(2,23(26,27)28)19(32-21(35)36-3)20(34)31-11-14(33)10-29-12-15-16(24)8-13(9-17(15)25)18-6-4-5-7-30-18/h4-9,14,19,29,33H,10-12H2,1-3H3,(H,31,34)(H,32,35)/t14-,19?/m0/s1. The SMILES string of the molecule is COC(=O)NC(C(=O)NC[C@@H](O)CNCc1c(F)cc(-c2ccccn2)cc1F)C(C)(C)C(F)(F)F. The number of aliphatic hydroxyl groups excluding tert-OH is 1. The number of benzene rings is 1. The molecule has 0 spiro atoms. The van der Waals surface area contributed by atoms with Crippen LogP contribution in [0.4, 0.5) is 26.7 Å². The number of aliphatic hydroxyl groups is 1. The molecule has 2 rings (SSSR count). The molecule has 8 nitrogen and oxygen atoms in total. The van der Waals surface area contributed by atoms with Crippen LogP contribution >= 0.6 is 0 Å². The number of hydrogen-bond acceptors (Lipinski definition) is 6. The number of aromatic nitrogens is 1. The van der Waals surface area contributed by atoms with Gasteiger partial charge in [0.15, 0.2) is 0 Å². The van der Waals surface area contributed by atoms with E-state index in [1.54, 1.807) is 18.2 Å². The molecule has 0 saturated heterocycles. The van der Waals surface area contributed by atoms with E-state index in [9.17, 15) is 36.6 Å². The Kier molecular flexibility index (Phi) is 9.70. The van der Waals surface area contributed by atoms with Crippen LogP contribution in [0.1, 0.15) is 19.4 Å². The highest BCUT2D eigenvalue weighted by molar-refractivity contribution is 5.86. The van der Waals surface area contributed by atoms with Crippen molar-refractivity contribution < 1.29 is 41.4 Å². The summed E-state index contributed by atoms with van der Waals surface area (Å²) in [4.78, 5) is 27.9. The largest absolute Gasteiger partial charge is 0.453 e. The minimum absolute atomic E-state index is 0.244. The van der Waals surface area contributed by atoms with Crippen LogP contribution in [-0.2, 0) is 16.1 Å². The van der Waals surface area contributed by atoms with Gasteiger partial charge in [-0.2, -0.15) is 13.2 Å². The number of ether oxygens (including phenoxy) is 1. The van der Waals surface area contributed by atoms with Gasteiger partial charge in [0.25, 0.3) is 0 Å². The van der Waals surface area contributed by atoms with Crippen molar-refractivity contribution in [1.82, 2.24) is 20.9 Å². The van der Waals surface area contributed by atoms with Crippen LogP contribution in [0.2, 0.25) is 0 Å². The highest BCUT2D eigenvalue weighted by atomic mass is 19.4. The molecule has 1 aromatic carbocycles. The number of carbonyl (C=O) groups excluding carboxylic acids is 2. The summed E-state index contributed by atoms with van der Waals surface area (Å²) in [7, 11) is 0.929. The summed E-state index contributed by atoms with van der Waals surface area (Å²) in [6, 6.07) is 5.12. The number of pyridine rings is 1. The normalized spacial score (nSPS) is 13.6. The zero-order valence-electron chi connectivity index (χ0n) is 19.7. The Morgan fingerprint density at radius 3 is 2.28 bits per heavy atom. The summed E-state index contributed by atoms with van der Waals surface area (Å²) in [5, 5.41) is 16.7. The number of nitrogens with zero attached hydrogens (tertiary/aromatic N) is 1. The number of alkyl carbamates (subject to hydrolysis) is 1. The van der Waals surface area contributed by atoms with E-state index in [-0.39, 0.29) is 24.2 Å². The molecule has 2 amide bonds. The average Bonchev–Trinajstić information content (AvgIpc) is 2.82. The number of carbonyl (C=O) groups is 2. The molecule has 0 fully saturated rings. The Labute approximate surface area is 204 Å². The second-order valence-corrected chi connectivity index (χ2v) is 8.45. The number of methoxy groups -OCH3 is 1. The molecule has 1 aromatic heterocycles. The van der Waals surface area contributed by atoms with Gasteiger partial charge in [-0.25, -0.2) is 13.6 Å². The van der Waals surface area contributed by atoms with Crippen molar-refractivity contribution in [3.8, 4) is 11.3 Å². The molecule has 0 aliphatic heterocycles. The van der Waals surface area contributed by atoms with E-state index in [4.69, 9.17) is 0 Å². The van der Waals surface area contributed by atoms with Crippen molar-refractivity contribution in [3.63, 3.8) is 0 Å². The van der Waals surface area contributed by atoms with Gasteiger partial charge in [0.2, 0.25) is 5.91 Å². The zero-order chi connectivity index (χ0) is 27.1. The lowest BCUT2D eigenvalue weighted by molar-refractivity contribution is -0.220. The number of halogens is 5. The first kappa shape index (κ1) is 28.9. The maximum atomic E-state index is 14.4. The van der Waals surface area contributed by atoms with Crippen molar-refractivity contribution in [2.75, 3.05) is 20.2 Å². The smallest absolute Gasteiger partial charge is 0.407 e. The lowest BCUT2D eigenvalue weighted by atomic mass is 9.83.